The molecule has 1 N–H and O–H groups in total. The van der Waals surface area contributed by atoms with E-state index in [-0.39, 0.29) is 24.2 Å². The number of likely N-dealkylation sites (tertiary alicyclic amines) is 1. The number of halogens is 2. The Morgan fingerprint density at radius 2 is 2.13 bits per heavy atom. The molecule has 1 aromatic rings. The summed E-state index contributed by atoms with van der Waals surface area (Å²) in [7, 11) is 1.99. The van der Waals surface area contributed by atoms with Crippen LogP contribution in [0.5, 0.6) is 5.75 Å². The van der Waals surface area contributed by atoms with Gasteiger partial charge in [0.05, 0.1) is 5.92 Å². The zero-order valence-corrected chi connectivity index (χ0v) is 15.0. The van der Waals surface area contributed by atoms with Crippen LogP contribution in [-0.4, -0.2) is 44.1 Å². The molecule has 6 heteroatoms. The molecular formula is C17H24Cl2N2O2. The number of hydrogen-bond donors (Lipinski definition) is 1. The van der Waals surface area contributed by atoms with Crippen molar-refractivity contribution in [3.8, 4) is 5.75 Å². The maximum absolute atomic E-state index is 12.7. The predicted octanol–water partition coefficient (Wildman–Crippen LogP) is 2.77. The topological polar surface area (TPSA) is 41.6 Å². The minimum atomic E-state index is -0.0770. The van der Waals surface area contributed by atoms with Crippen LogP contribution in [0, 0.1) is 11.8 Å². The van der Waals surface area contributed by atoms with Gasteiger partial charge in [-0.25, -0.2) is 0 Å². The first-order chi connectivity index (χ1) is 10.7. The van der Waals surface area contributed by atoms with Gasteiger partial charge in [-0.15, -0.1) is 12.4 Å². The number of fused-ring (bicyclic) bond motifs is 1. The first-order valence-electron chi connectivity index (χ1n) is 8.02. The van der Waals surface area contributed by atoms with Crippen molar-refractivity contribution < 1.29 is 9.53 Å². The van der Waals surface area contributed by atoms with Crippen molar-refractivity contribution >= 4 is 29.9 Å². The van der Waals surface area contributed by atoms with Crippen molar-refractivity contribution in [2.24, 2.45) is 11.8 Å². The minimum absolute atomic E-state index is 0. The van der Waals surface area contributed by atoms with E-state index in [4.69, 9.17) is 16.3 Å². The number of nitrogens with one attached hydrogen (secondary N) is 1. The molecule has 1 amide bonds. The first kappa shape index (κ1) is 18.4. The lowest BCUT2D eigenvalue weighted by Crippen LogP contribution is -2.45. The normalized spacial score (nSPS) is 21.1. The van der Waals surface area contributed by atoms with Crippen molar-refractivity contribution in [3.05, 3.63) is 28.8 Å². The highest BCUT2D eigenvalue weighted by Gasteiger charge is 2.31. The quantitative estimate of drug-likeness (QED) is 0.903. The molecule has 2 aliphatic heterocycles. The van der Waals surface area contributed by atoms with E-state index in [1.807, 2.05) is 30.1 Å². The third-order valence-electron chi connectivity index (χ3n) is 4.70. The molecule has 0 spiro atoms. The highest BCUT2D eigenvalue weighted by atomic mass is 35.5. The lowest BCUT2D eigenvalue weighted by molar-refractivity contribution is -0.138. The lowest BCUT2D eigenvalue weighted by Gasteiger charge is -2.35. The molecule has 0 bridgehead atoms. The van der Waals surface area contributed by atoms with Crippen LogP contribution in [0.3, 0.4) is 0 Å². The molecule has 1 unspecified atom stereocenters. The second kappa shape index (κ2) is 8.22. The first-order valence-corrected chi connectivity index (χ1v) is 8.39. The monoisotopic (exact) mass is 358 g/mol. The molecule has 4 nitrogen and oxygen atoms in total. The van der Waals surface area contributed by atoms with Crippen molar-refractivity contribution in [2.45, 2.75) is 19.3 Å². The molecule has 1 aromatic carbocycles. The zero-order valence-electron chi connectivity index (χ0n) is 13.4. The van der Waals surface area contributed by atoms with Crippen LogP contribution in [0.25, 0.3) is 0 Å². The van der Waals surface area contributed by atoms with Crippen molar-refractivity contribution in [1.82, 2.24) is 10.2 Å². The average Bonchev–Trinajstić information content (AvgIpc) is 2.54. The van der Waals surface area contributed by atoms with Crippen LogP contribution in [0.1, 0.15) is 18.4 Å². The fourth-order valence-corrected chi connectivity index (χ4v) is 3.62. The fraction of sp³-hybridized carbons (Fsp3) is 0.588. The van der Waals surface area contributed by atoms with Crippen LogP contribution in [0.15, 0.2) is 18.2 Å². The van der Waals surface area contributed by atoms with Gasteiger partial charge in [0.15, 0.2) is 0 Å². The number of carbonyl (C=O) groups excluding carboxylic acids is 1. The van der Waals surface area contributed by atoms with E-state index < -0.39 is 0 Å². The number of benzene rings is 1. The van der Waals surface area contributed by atoms with E-state index in [1.165, 1.54) is 0 Å². The fourth-order valence-electron chi connectivity index (χ4n) is 3.43. The Morgan fingerprint density at radius 1 is 1.39 bits per heavy atom. The summed E-state index contributed by atoms with van der Waals surface area (Å²) in [5.41, 5.74) is 1.04. The Balaban J connectivity index is 0.00000192. The Kier molecular flexibility index (Phi) is 6.57. The van der Waals surface area contributed by atoms with E-state index in [0.717, 1.165) is 50.2 Å². The summed E-state index contributed by atoms with van der Waals surface area (Å²) in [6, 6.07) is 5.63. The van der Waals surface area contributed by atoms with Crippen molar-refractivity contribution in [2.75, 3.05) is 33.3 Å². The molecule has 1 fully saturated rings. The molecule has 1 saturated heterocycles. The zero-order chi connectivity index (χ0) is 15.5. The molecule has 0 aliphatic carbocycles. The molecule has 128 valence electrons. The number of piperidine rings is 1. The smallest absolute Gasteiger partial charge is 0.229 e. The molecule has 1 atom stereocenters. The molecular weight excluding hydrogens is 335 g/mol. The molecule has 0 radical (unpaired) electrons. The highest BCUT2D eigenvalue weighted by Crippen LogP contribution is 2.31. The van der Waals surface area contributed by atoms with E-state index in [0.29, 0.717) is 17.5 Å². The Labute approximate surface area is 148 Å². The Hall–Kier alpha value is -0.970. The lowest BCUT2D eigenvalue weighted by atomic mass is 9.92. The third-order valence-corrected chi connectivity index (χ3v) is 4.93. The summed E-state index contributed by atoms with van der Waals surface area (Å²) in [6.45, 7) is 3.25. The van der Waals surface area contributed by atoms with Gasteiger partial charge >= 0.3 is 0 Å². The van der Waals surface area contributed by atoms with Crippen LogP contribution < -0.4 is 10.1 Å². The van der Waals surface area contributed by atoms with Gasteiger partial charge in [-0.3, -0.25) is 4.79 Å². The maximum atomic E-state index is 12.7. The highest BCUT2D eigenvalue weighted by molar-refractivity contribution is 6.30. The SMILES string of the molecule is CNCC1CCN(C(=O)C2COc3ccc(Cl)cc3C2)CC1.Cl. The van der Waals surface area contributed by atoms with Crippen LogP contribution in [0.4, 0.5) is 0 Å². The largest absolute Gasteiger partial charge is 0.492 e. The van der Waals surface area contributed by atoms with E-state index >= 15 is 0 Å². The summed E-state index contributed by atoms with van der Waals surface area (Å²) < 4.78 is 5.75. The van der Waals surface area contributed by atoms with E-state index in [9.17, 15) is 4.79 Å². The van der Waals surface area contributed by atoms with Gasteiger partial charge in [0.2, 0.25) is 5.91 Å². The van der Waals surface area contributed by atoms with Gasteiger partial charge in [0, 0.05) is 18.1 Å². The van der Waals surface area contributed by atoms with Crippen LogP contribution >= 0.6 is 24.0 Å². The Morgan fingerprint density at radius 3 is 2.83 bits per heavy atom. The van der Waals surface area contributed by atoms with E-state index in [2.05, 4.69) is 5.32 Å². The van der Waals surface area contributed by atoms with Crippen LogP contribution in [0.2, 0.25) is 5.02 Å². The van der Waals surface area contributed by atoms with Gasteiger partial charge in [-0.1, -0.05) is 11.6 Å². The number of ether oxygens (including phenoxy) is 1. The van der Waals surface area contributed by atoms with Crippen molar-refractivity contribution in [3.63, 3.8) is 0 Å². The van der Waals surface area contributed by atoms with Gasteiger partial charge in [-0.05, 0) is 62.5 Å². The standard InChI is InChI=1S/C17H23ClN2O2.ClH/c1-19-10-12-4-6-20(7-5-12)17(21)14-8-13-9-15(18)2-3-16(13)22-11-14;/h2-3,9,12,14,19H,4-8,10-11H2,1H3;1H. The van der Waals surface area contributed by atoms with Gasteiger partial charge in [0.25, 0.3) is 0 Å². The van der Waals surface area contributed by atoms with Gasteiger partial charge in [-0.2, -0.15) is 0 Å². The third kappa shape index (κ3) is 4.31. The molecule has 0 saturated carbocycles. The van der Waals surface area contributed by atoms with Gasteiger partial charge < -0.3 is 15.0 Å². The number of hydrogen-bond acceptors (Lipinski definition) is 3. The summed E-state index contributed by atoms with van der Waals surface area (Å²) in [5, 5.41) is 3.92. The summed E-state index contributed by atoms with van der Waals surface area (Å²) in [4.78, 5) is 14.7. The summed E-state index contributed by atoms with van der Waals surface area (Å²) >= 11 is 6.04. The molecule has 23 heavy (non-hydrogen) atoms. The molecule has 0 aromatic heterocycles. The predicted molar refractivity (Wildman–Crippen MR) is 94.6 cm³/mol. The molecule has 2 heterocycles. The van der Waals surface area contributed by atoms with E-state index in [1.54, 1.807) is 0 Å². The van der Waals surface area contributed by atoms with Crippen LogP contribution in [-0.2, 0) is 11.2 Å². The summed E-state index contributed by atoms with van der Waals surface area (Å²) in [6.07, 6.45) is 2.90. The number of amides is 1. The van der Waals surface area contributed by atoms with Crippen molar-refractivity contribution in [1.29, 1.82) is 0 Å². The number of nitrogens with zero attached hydrogens (tertiary/aromatic N) is 1. The second-order valence-electron chi connectivity index (χ2n) is 6.29. The number of carbonyl (C=O) groups is 1. The van der Waals surface area contributed by atoms with Gasteiger partial charge in [0.1, 0.15) is 12.4 Å². The molecule has 3 rings (SSSR count). The Bertz CT molecular complexity index is 545. The average molecular weight is 359 g/mol. The number of rotatable bonds is 3. The molecule has 2 aliphatic rings. The second-order valence-corrected chi connectivity index (χ2v) is 6.73. The summed E-state index contributed by atoms with van der Waals surface area (Å²) in [5.74, 6) is 1.71. The maximum Gasteiger partial charge on any atom is 0.229 e. The minimum Gasteiger partial charge on any atom is -0.492 e.